The van der Waals surface area contributed by atoms with Gasteiger partial charge in [-0.3, -0.25) is 19.5 Å². The van der Waals surface area contributed by atoms with Gasteiger partial charge in [-0.25, -0.2) is 4.79 Å². The van der Waals surface area contributed by atoms with Crippen LogP contribution in [0.1, 0.15) is 55.6 Å². The van der Waals surface area contributed by atoms with Gasteiger partial charge in [0.1, 0.15) is 0 Å². The Balaban J connectivity index is 1.31. The molecule has 1 aliphatic heterocycles. The maximum atomic E-state index is 12.9. The van der Waals surface area contributed by atoms with Crippen LogP contribution in [-0.4, -0.2) is 37.9 Å². The van der Waals surface area contributed by atoms with E-state index in [1.165, 1.54) is 29.5 Å². The summed E-state index contributed by atoms with van der Waals surface area (Å²) in [7, 11) is 0. The van der Waals surface area contributed by atoms with Gasteiger partial charge in [0.15, 0.2) is 6.10 Å². The van der Waals surface area contributed by atoms with E-state index in [0.29, 0.717) is 5.89 Å². The van der Waals surface area contributed by atoms with Crippen molar-refractivity contribution in [2.24, 2.45) is 0 Å². The second-order valence-corrected chi connectivity index (χ2v) is 8.23. The molecule has 164 valence electrons. The van der Waals surface area contributed by atoms with E-state index < -0.39 is 23.9 Å². The molecular weight excluding hydrogens is 444 g/mol. The Labute approximate surface area is 191 Å². The first-order valence-electron chi connectivity index (χ1n) is 9.98. The molecule has 0 saturated heterocycles. The summed E-state index contributed by atoms with van der Waals surface area (Å²) < 4.78 is 11.1. The molecule has 4 aromatic rings. The van der Waals surface area contributed by atoms with Gasteiger partial charge in [-0.05, 0) is 54.3 Å². The molecule has 0 fully saturated rings. The molecule has 1 aliphatic rings. The molecule has 5 rings (SSSR count). The van der Waals surface area contributed by atoms with Crippen molar-refractivity contribution in [3.8, 4) is 10.8 Å². The number of ether oxygens (including phenoxy) is 1. The third kappa shape index (κ3) is 3.92. The summed E-state index contributed by atoms with van der Waals surface area (Å²) in [5.74, 6) is -1.05. The standard InChI is InChI=1S/C23H16N4O5S/c1-13(19-25-26-20(32-19)18-3-2-10-33-18)31-23(30)15-4-5-16-17(11-15)22(29)27(21(16)28)12-14-6-8-24-9-7-14/h2-11,13H,12H2,1H3/t13-/m1/s1. The number of fused-ring (bicyclic) bond motifs is 1. The maximum Gasteiger partial charge on any atom is 0.338 e. The Kier molecular flexibility index (Phi) is 5.27. The van der Waals surface area contributed by atoms with E-state index in [-0.39, 0.29) is 29.1 Å². The highest BCUT2D eigenvalue weighted by Crippen LogP contribution is 2.28. The molecule has 1 aromatic carbocycles. The number of carbonyl (C=O) groups is 3. The smallest absolute Gasteiger partial charge is 0.338 e. The van der Waals surface area contributed by atoms with Gasteiger partial charge in [0.05, 0.1) is 28.1 Å². The lowest BCUT2D eigenvalue weighted by atomic mass is 10.1. The predicted octanol–water partition coefficient (Wildman–Crippen LogP) is 3.91. The SMILES string of the molecule is C[C@@H](OC(=O)c1ccc2c(c1)C(=O)N(Cc1ccncc1)C2=O)c1nnc(-c2cccs2)o1. The molecular formula is C23H16N4O5S. The van der Waals surface area contributed by atoms with E-state index >= 15 is 0 Å². The fraction of sp³-hybridized carbons (Fsp3) is 0.130. The molecule has 0 bridgehead atoms. The zero-order valence-corrected chi connectivity index (χ0v) is 18.1. The van der Waals surface area contributed by atoms with Crippen molar-refractivity contribution in [2.75, 3.05) is 0 Å². The molecule has 0 unspecified atom stereocenters. The van der Waals surface area contributed by atoms with Crippen LogP contribution in [-0.2, 0) is 11.3 Å². The van der Waals surface area contributed by atoms with Crippen molar-refractivity contribution in [3.63, 3.8) is 0 Å². The molecule has 33 heavy (non-hydrogen) atoms. The van der Waals surface area contributed by atoms with Crippen molar-refractivity contribution in [1.82, 2.24) is 20.1 Å². The lowest BCUT2D eigenvalue weighted by molar-refractivity contribution is 0.0279. The normalized spacial score (nSPS) is 13.8. The van der Waals surface area contributed by atoms with Crippen LogP contribution < -0.4 is 0 Å². The van der Waals surface area contributed by atoms with Gasteiger partial charge >= 0.3 is 5.97 Å². The second-order valence-electron chi connectivity index (χ2n) is 7.28. The molecule has 10 heteroatoms. The molecule has 0 spiro atoms. The Bertz CT molecular complexity index is 1350. The fourth-order valence-corrected chi connectivity index (χ4v) is 4.05. The number of amides is 2. The highest BCUT2D eigenvalue weighted by Gasteiger charge is 2.36. The van der Waals surface area contributed by atoms with Gasteiger partial charge < -0.3 is 9.15 Å². The lowest BCUT2D eigenvalue weighted by Crippen LogP contribution is -2.29. The van der Waals surface area contributed by atoms with Crippen molar-refractivity contribution in [1.29, 1.82) is 0 Å². The summed E-state index contributed by atoms with van der Waals surface area (Å²) in [6, 6.07) is 11.5. The van der Waals surface area contributed by atoms with E-state index in [0.717, 1.165) is 15.3 Å². The Morgan fingerprint density at radius 3 is 2.64 bits per heavy atom. The highest BCUT2D eigenvalue weighted by molar-refractivity contribution is 7.13. The van der Waals surface area contributed by atoms with Gasteiger partial charge in [0, 0.05) is 12.4 Å². The largest absolute Gasteiger partial charge is 0.449 e. The average Bonchev–Trinajstić information content (AvgIpc) is 3.57. The number of rotatable bonds is 6. The van der Waals surface area contributed by atoms with E-state index in [9.17, 15) is 14.4 Å². The van der Waals surface area contributed by atoms with Crippen LogP contribution in [0.3, 0.4) is 0 Å². The number of benzene rings is 1. The second kappa shape index (κ2) is 8.40. The zero-order chi connectivity index (χ0) is 22.9. The predicted molar refractivity (Wildman–Crippen MR) is 116 cm³/mol. The van der Waals surface area contributed by atoms with Gasteiger partial charge in [0.2, 0.25) is 0 Å². The van der Waals surface area contributed by atoms with Gasteiger partial charge in [-0.1, -0.05) is 6.07 Å². The van der Waals surface area contributed by atoms with E-state index in [2.05, 4.69) is 15.2 Å². The molecule has 0 N–H and O–H groups in total. The van der Waals surface area contributed by atoms with Gasteiger partial charge in [-0.15, -0.1) is 21.5 Å². The van der Waals surface area contributed by atoms with Crippen LogP contribution in [0.5, 0.6) is 0 Å². The highest BCUT2D eigenvalue weighted by atomic mass is 32.1. The number of pyridine rings is 1. The Hall–Kier alpha value is -4.18. The van der Waals surface area contributed by atoms with Gasteiger partial charge in [-0.2, -0.15) is 0 Å². The summed E-state index contributed by atoms with van der Waals surface area (Å²) in [6.07, 6.45) is 2.39. The quantitative estimate of drug-likeness (QED) is 0.314. The van der Waals surface area contributed by atoms with Crippen LogP contribution in [0.2, 0.25) is 0 Å². The average molecular weight is 460 g/mol. The van der Waals surface area contributed by atoms with E-state index in [1.54, 1.807) is 31.5 Å². The number of thiophene rings is 1. The summed E-state index contributed by atoms with van der Waals surface area (Å²) in [6.45, 7) is 1.73. The molecule has 0 aliphatic carbocycles. The van der Waals surface area contributed by atoms with Crippen LogP contribution in [0.15, 0.2) is 64.7 Å². The van der Waals surface area contributed by atoms with E-state index in [1.807, 2.05) is 17.5 Å². The number of hydrogen-bond acceptors (Lipinski definition) is 9. The van der Waals surface area contributed by atoms with Crippen LogP contribution >= 0.6 is 11.3 Å². The summed E-state index contributed by atoms with van der Waals surface area (Å²) in [5, 5.41) is 9.82. The maximum absolute atomic E-state index is 12.9. The first-order valence-corrected chi connectivity index (χ1v) is 10.9. The molecule has 3 aromatic heterocycles. The van der Waals surface area contributed by atoms with Crippen LogP contribution in [0.25, 0.3) is 10.8 Å². The number of esters is 1. The number of carbonyl (C=O) groups excluding carboxylic acids is 3. The van der Waals surface area contributed by atoms with Crippen LogP contribution in [0.4, 0.5) is 0 Å². The monoisotopic (exact) mass is 460 g/mol. The summed E-state index contributed by atoms with van der Waals surface area (Å²) >= 11 is 1.45. The lowest BCUT2D eigenvalue weighted by Gasteiger charge is -2.13. The first kappa shape index (κ1) is 20.7. The summed E-state index contributed by atoms with van der Waals surface area (Å²) in [5.41, 5.74) is 1.32. The minimum atomic E-state index is -0.799. The van der Waals surface area contributed by atoms with E-state index in [4.69, 9.17) is 9.15 Å². The van der Waals surface area contributed by atoms with Gasteiger partial charge in [0.25, 0.3) is 23.6 Å². The zero-order valence-electron chi connectivity index (χ0n) is 17.3. The fourth-order valence-electron chi connectivity index (χ4n) is 3.41. The van der Waals surface area contributed by atoms with Crippen molar-refractivity contribution >= 4 is 29.1 Å². The number of hydrogen-bond donors (Lipinski definition) is 0. The molecule has 1 atom stereocenters. The third-order valence-electron chi connectivity index (χ3n) is 5.10. The molecule has 2 amide bonds. The minimum absolute atomic E-state index is 0.120. The summed E-state index contributed by atoms with van der Waals surface area (Å²) in [4.78, 5) is 44.1. The van der Waals surface area contributed by atoms with Crippen LogP contribution in [0, 0.1) is 0 Å². The van der Waals surface area contributed by atoms with Crippen molar-refractivity contribution in [3.05, 3.63) is 88.4 Å². The number of aromatic nitrogens is 3. The first-order chi connectivity index (χ1) is 16.0. The molecule has 0 saturated carbocycles. The van der Waals surface area contributed by atoms with Crippen molar-refractivity contribution < 1.29 is 23.5 Å². The van der Waals surface area contributed by atoms with Crippen molar-refractivity contribution in [2.45, 2.75) is 19.6 Å². The molecule has 0 radical (unpaired) electrons. The topological polar surface area (TPSA) is 115 Å². The number of imide groups is 1. The third-order valence-corrected chi connectivity index (χ3v) is 5.96. The minimum Gasteiger partial charge on any atom is -0.449 e. The molecule has 4 heterocycles. The Morgan fingerprint density at radius 2 is 1.88 bits per heavy atom. The molecule has 9 nitrogen and oxygen atoms in total. The Morgan fingerprint density at radius 1 is 1.09 bits per heavy atom. The number of nitrogens with zero attached hydrogens (tertiary/aromatic N) is 4.